The molecule has 4 heteroatoms. The Morgan fingerprint density at radius 3 is 2.15 bits per heavy atom. The van der Waals surface area contributed by atoms with E-state index < -0.39 is 0 Å². The highest BCUT2D eigenvalue weighted by molar-refractivity contribution is 9.11. The van der Waals surface area contributed by atoms with E-state index in [2.05, 4.69) is 80.5 Å². The molecule has 0 amide bonds. The van der Waals surface area contributed by atoms with E-state index in [1.165, 1.54) is 11.1 Å². The zero-order valence-electron chi connectivity index (χ0n) is 11.5. The third-order valence-electron chi connectivity index (χ3n) is 2.94. The van der Waals surface area contributed by atoms with Crippen LogP contribution in [-0.4, -0.2) is 7.05 Å². The third-order valence-corrected chi connectivity index (χ3v) is 4.12. The van der Waals surface area contributed by atoms with Crippen molar-refractivity contribution in [3.05, 3.63) is 62.0 Å². The summed E-state index contributed by atoms with van der Waals surface area (Å²) in [4.78, 5) is 0. The van der Waals surface area contributed by atoms with Gasteiger partial charge in [-0.25, -0.2) is 0 Å². The number of halogens is 2. The Balaban J connectivity index is 2.11. The van der Waals surface area contributed by atoms with Gasteiger partial charge in [-0.15, -0.1) is 0 Å². The zero-order chi connectivity index (χ0) is 14.5. The van der Waals surface area contributed by atoms with Gasteiger partial charge in [-0.05, 0) is 69.1 Å². The first-order chi connectivity index (χ1) is 9.60. The normalized spacial score (nSPS) is 10.6. The van der Waals surface area contributed by atoms with Gasteiger partial charge in [0.15, 0.2) is 0 Å². The third kappa shape index (κ3) is 4.08. The molecular formula is C16H17Br2NO. The molecule has 0 atom stereocenters. The van der Waals surface area contributed by atoms with Gasteiger partial charge in [0.1, 0.15) is 12.4 Å². The lowest BCUT2D eigenvalue weighted by molar-refractivity contribution is 0.302. The van der Waals surface area contributed by atoms with E-state index >= 15 is 0 Å². The minimum Gasteiger partial charge on any atom is -0.487 e. The quantitative estimate of drug-likeness (QED) is 0.779. The Labute approximate surface area is 136 Å². The molecule has 0 aromatic heterocycles. The SMILES string of the molecule is CNCc1cc(Br)c(OCc2ccc(C)cc2)c(Br)c1. The lowest BCUT2D eigenvalue weighted by atomic mass is 10.2. The van der Waals surface area contributed by atoms with Crippen molar-refractivity contribution in [3.8, 4) is 5.75 Å². The second-order valence-electron chi connectivity index (χ2n) is 4.69. The minimum atomic E-state index is 0.558. The average Bonchev–Trinajstić information content (AvgIpc) is 2.40. The van der Waals surface area contributed by atoms with Gasteiger partial charge in [-0.1, -0.05) is 29.8 Å². The second kappa shape index (κ2) is 7.25. The molecule has 2 nitrogen and oxygen atoms in total. The molecule has 0 bridgehead atoms. The summed E-state index contributed by atoms with van der Waals surface area (Å²) < 4.78 is 7.84. The van der Waals surface area contributed by atoms with Crippen molar-refractivity contribution in [1.82, 2.24) is 5.32 Å². The van der Waals surface area contributed by atoms with Crippen LogP contribution in [0.3, 0.4) is 0 Å². The molecular weight excluding hydrogens is 382 g/mol. The topological polar surface area (TPSA) is 21.3 Å². The molecule has 0 saturated heterocycles. The number of rotatable bonds is 5. The van der Waals surface area contributed by atoms with Crippen LogP contribution >= 0.6 is 31.9 Å². The Morgan fingerprint density at radius 2 is 1.60 bits per heavy atom. The smallest absolute Gasteiger partial charge is 0.148 e. The number of ether oxygens (including phenoxy) is 1. The Bertz CT molecular complexity index is 559. The number of hydrogen-bond donors (Lipinski definition) is 1. The molecule has 0 fully saturated rings. The number of nitrogens with one attached hydrogen (secondary N) is 1. The van der Waals surface area contributed by atoms with Crippen LogP contribution in [0, 0.1) is 6.92 Å². The monoisotopic (exact) mass is 397 g/mol. The van der Waals surface area contributed by atoms with Crippen molar-refractivity contribution in [1.29, 1.82) is 0 Å². The van der Waals surface area contributed by atoms with E-state index in [4.69, 9.17) is 4.74 Å². The molecule has 0 unspecified atom stereocenters. The summed E-state index contributed by atoms with van der Waals surface area (Å²) in [5.41, 5.74) is 3.62. The molecule has 2 aromatic carbocycles. The van der Waals surface area contributed by atoms with Gasteiger partial charge in [-0.2, -0.15) is 0 Å². The highest BCUT2D eigenvalue weighted by Gasteiger charge is 2.09. The van der Waals surface area contributed by atoms with Crippen molar-refractivity contribution >= 4 is 31.9 Å². The fourth-order valence-electron chi connectivity index (χ4n) is 1.90. The van der Waals surface area contributed by atoms with Gasteiger partial charge in [0, 0.05) is 6.54 Å². The molecule has 1 N–H and O–H groups in total. The van der Waals surface area contributed by atoms with Crippen LogP contribution < -0.4 is 10.1 Å². The number of aryl methyl sites for hydroxylation is 1. The molecule has 2 rings (SSSR count). The maximum Gasteiger partial charge on any atom is 0.148 e. The summed E-state index contributed by atoms with van der Waals surface area (Å²) >= 11 is 7.14. The first kappa shape index (κ1) is 15.5. The summed E-state index contributed by atoms with van der Waals surface area (Å²) in [5.74, 6) is 0.838. The van der Waals surface area contributed by atoms with Crippen LogP contribution in [0.25, 0.3) is 0 Å². The molecule has 2 aromatic rings. The average molecular weight is 399 g/mol. The maximum absolute atomic E-state index is 5.91. The van der Waals surface area contributed by atoms with Crippen LogP contribution in [0.5, 0.6) is 5.75 Å². The zero-order valence-corrected chi connectivity index (χ0v) is 14.7. The van der Waals surface area contributed by atoms with Crippen LogP contribution in [0.4, 0.5) is 0 Å². The van der Waals surface area contributed by atoms with E-state index in [0.29, 0.717) is 6.61 Å². The first-order valence-electron chi connectivity index (χ1n) is 6.41. The second-order valence-corrected chi connectivity index (χ2v) is 6.40. The van der Waals surface area contributed by atoms with Gasteiger partial charge in [-0.3, -0.25) is 0 Å². The highest BCUT2D eigenvalue weighted by Crippen LogP contribution is 2.35. The molecule has 0 spiro atoms. The van der Waals surface area contributed by atoms with E-state index in [9.17, 15) is 0 Å². The van der Waals surface area contributed by atoms with E-state index in [-0.39, 0.29) is 0 Å². The van der Waals surface area contributed by atoms with Crippen LogP contribution in [0.15, 0.2) is 45.3 Å². The van der Waals surface area contributed by atoms with Crippen molar-refractivity contribution < 1.29 is 4.74 Å². The molecule has 0 aliphatic rings. The molecule has 106 valence electrons. The molecule has 0 radical (unpaired) electrons. The molecule has 0 heterocycles. The van der Waals surface area contributed by atoms with Crippen molar-refractivity contribution in [3.63, 3.8) is 0 Å². The van der Waals surface area contributed by atoms with E-state index in [1.54, 1.807) is 0 Å². The lowest BCUT2D eigenvalue weighted by Crippen LogP contribution is -2.05. The summed E-state index contributed by atoms with van der Waals surface area (Å²) in [6.45, 7) is 3.47. The predicted octanol–water partition coefficient (Wildman–Crippen LogP) is 4.82. The first-order valence-corrected chi connectivity index (χ1v) is 7.99. The van der Waals surface area contributed by atoms with Crippen molar-refractivity contribution in [2.45, 2.75) is 20.1 Å². The number of hydrogen-bond acceptors (Lipinski definition) is 2. The molecule has 20 heavy (non-hydrogen) atoms. The Hall–Kier alpha value is -0.840. The maximum atomic E-state index is 5.91. The lowest BCUT2D eigenvalue weighted by Gasteiger charge is -2.12. The van der Waals surface area contributed by atoms with Crippen molar-refractivity contribution in [2.75, 3.05) is 7.05 Å². The predicted molar refractivity (Wildman–Crippen MR) is 90.1 cm³/mol. The molecule has 0 aliphatic heterocycles. The summed E-state index contributed by atoms with van der Waals surface area (Å²) in [6.07, 6.45) is 0. The summed E-state index contributed by atoms with van der Waals surface area (Å²) in [7, 11) is 1.93. The summed E-state index contributed by atoms with van der Waals surface area (Å²) in [5, 5.41) is 3.14. The fourth-order valence-corrected chi connectivity index (χ4v) is 3.41. The van der Waals surface area contributed by atoms with Crippen LogP contribution in [0.2, 0.25) is 0 Å². The minimum absolute atomic E-state index is 0.558. The van der Waals surface area contributed by atoms with Gasteiger partial charge < -0.3 is 10.1 Å². The number of benzene rings is 2. The largest absolute Gasteiger partial charge is 0.487 e. The molecule has 0 saturated carbocycles. The highest BCUT2D eigenvalue weighted by atomic mass is 79.9. The fraction of sp³-hybridized carbons (Fsp3) is 0.250. The van der Waals surface area contributed by atoms with Gasteiger partial charge >= 0.3 is 0 Å². The molecule has 0 aliphatic carbocycles. The van der Waals surface area contributed by atoms with Crippen LogP contribution in [0.1, 0.15) is 16.7 Å². The van der Waals surface area contributed by atoms with Gasteiger partial charge in [0.05, 0.1) is 8.95 Å². The van der Waals surface area contributed by atoms with Gasteiger partial charge in [0.25, 0.3) is 0 Å². The summed E-state index contributed by atoms with van der Waals surface area (Å²) in [6, 6.07) is 12.5. The standard InChI is InChI=1S/C16H17Br2NO/c1-11-3-5-12(6-4-11)10-20-16-14(17)7-13(9-19-2)8-15(16)18/h3-8,19H,9-10H2,1-2H3. The van der Waals surface area contributed by atoms with E-state index in [0.717, 1.165) is 26.8 Å². The van der Waals surface area contributed by atoms with Gasteiger partial charge in [0.2, 0.25) is 0 Å². The Morgan fingerprint density at radius 1 is 1.00 bits per heavy atom. The van der Waals surface area contributed by atoms with Crippen molar-refractivity contribution in [2.24, 2.45) is 0 Å². The van der Waals surface area contributed by atoms with Crippen LogP contribution in [-0.2, 0) is 13.2 Å². The van der Waals surface area contributed by atoms with E-state index in [1.807, 2.05) is 7.05 Å². The Kier molecular flexibility index (Phi) is 5.64.